The molecule has 4 heterocycles. The SMILES string of the molecule is COc1ccc(-c2cc3c(=O)n(Cc4noc(CN5CCCCC5)n4)ccn3n2)cc1. The van der Waals surface area contributed by atoms with Gasteiger partial charge in [-0.1, -0.05) is 11.6 Å². The molecule has 1 fully saturated rings. The van der Waals surface area contributed by atoms with Crippen LogP contribution in [-0.4, -0.2) is 49.4 Å². The minimum atomic E-state index is -0.155. The van der Waals surface area contributed by atoms with Crippen LogP contribution in [0.4, 0.5) is 0 Å². The molecule has 1 saturated heterocycles. The summed E-state index contributed by atoms with van der Waals surface area (Å²) in [5.74, 6) is 1.86. The molecule has 0 spiro atoms. The maximum absolute atomic E-state index is 13.0. The summed E-state index contributed by atoms with van der Waals surface area (Å²) in [6.07, 6.45) is 7.16. The molecule has 0 atom stereocenters. The van der Waals surface area contributed by atoms with Crippen molar-refractivity contribution in [2.75, 3.05) is 20.2 Å². The van der Waals surface area contributed by atoms with E-state index in [-0.39, 0.29) is 12.1 Å². The van der Waals surface area contributed by atoms with Crippen LogP contribution >= 0.6 is 0 Å². The topological polar surface area (TPSA) is 90.7 Å². The normalized spacial score (nSPS) is 14.9. The lowest BCUT2D eigenvalue weighted by Crippen LogP contribution is -2.29. The number of likely N-dealkylation sites (tertiary alicyclic amines) is 1. The average molecular weight is 420 g/mol. The van der Waals surface area contributed by atoms with Gasteiger partial charge in [-0.3, -0.25) is 9.69 Å². The van der Waals surface area contributed by atoms with Crippen LogP contribution in [0.2, 0.25) is 0 Å². The predicted octanol–water partition coefficient (Wildman–Crippen LogP) is 2.59. The quantitative estimate of drug-likeness (QED) is 0.473. The molecule has 0 amide bonds. The zero-order chi connectivity index (χ0) is 21.2. The molecular formula is C22H24N6O3. The highest BCUT2D eigenvalue weighted by atomic mass is 16.5. The molecule has 1 aromatic carbocycles. The van der Waals surface area contributed by atoms with E-state index in [4.69, 9.17) is 9.26 Å². The van der Waals surface area contributed by atoms with Gasteiger partial charge in [-0.2, -0.15) is 10.1 Å². The van der Waals surface area contributed by atoms with E-state index in [9.17, 15) is 4.79 Å². The van der Waals surface area contributed by atoms with E-state index in [1.165, 1.54) is 19.3 Å². The Hall–Kier alpha value is -3.46. The van der Waals surface area contributed by atoms with E-state index in [1.807, 2.05) is 24.3 Å². The lowest BCUT2D eigenvalue weighted by atomic mass is 10.1. The summed E-state index contributed by atoms with van der Waals surface area (Å²) in [6.45, 7) is 3.04. The molecule has 4 aromatic rings. The Morgan fingerprint density at radius 3 is 2.65 bits per heavy atom. The molecular weight excluding hydrogens is 396 g/mol. The van der Waals surface area contributed by atoms with Crippen molar-refractivity contribution in [3.63, 3.8) is 0 Å². The van der Waals surface area contributed by atoms with E-state index >= 15 is 0 Å². The zero-order valence-corrected chi connectivity index (χ0v) is 17.4. The first-order valence-electron chi connectivity index (χ1n) is 10.5. The Balaban J connectivity index is 1.35. The van der Waals surface area contributed by atoms with Crippen molar-refractivity contribution in [1.82, 2.24) is 29.2 Å². The number of rotatable bonds is 6. The van der Waals surface area contributed by atoms with Crippen LogP contribution in [0.15, 0.2) is 52.0 Å². The fourth-order valence-electron chi connectivity index (χ4n) is 3.93. The van der Waals surface area contributed by atoms with Crippen LogP contribution in [0.5, 0.6) is 5.75 Å². The van der Waals surface area contributed by atoms with E-state index in [2.05, 4.69) is 20.1 Å². The van der Waals surface area contributed by atoms with Gasteiger partial charge in [0.1, 0.15) is 11.3 Å². The molecule has 0 radical (unpaired) electrons. The zero-order valence-electron chi connectivity index (χ0n) is 17.4. The molecule has 1 aliphatic heterocycles. The third kappa shape index (κ3) is 4.09. The van der Waals surface area contributed by atoms with Crippen LogP contribution in [0, 0.1) is 0 Å². The van der Waals surface area contributed by atoms with Crippen LogP contribution < -0.4 is 10.3 Å². The van der Waals surface area contributed by atoms with Gasteiger partial charge in [0.05, 0.1) is 25.9 Å². The number of methoxy groups -OCH3 is 1. The molecule has 3 aromatic heterocycles. The number of ether oxygens (including phenoxy) is 1. The largest absolute Gasteiger partial charge is 0.497 e. The number of nitrogens with zero attached hydrogens (tertiary/aromatic N) is 6. The molecule has 1 aliphatic rings. The van der Waals surface area contributed by atoms with Crippen LogP contribution in [-0.2, 0) is 13.1 Å². The van der Waals surface area contributed by atoms with Gasteiger partial charge < -0.3 is 13.8 Å². The van der Waals surface area contributed by atoms with Crippen molar-refractivity contribution in [3.05, 3.63) is 64.8 Å². The third-order valence-electron chi connectivity index (χ3n) is 5.62. The predicted molar refractivity (Wildman–Crippen MR) is 114 cm³/mol. The maximum Gasteiger partial charge on any atom is 0.277 e. The summed E-state index contributed by atoms with van der Waals surface area (Å²) < 4.78 is 13.8. The Morgan fingerprint density at radius 1 is 1.06 bits per heavy atom. The van der Waals surface area contributed by atoms with Gasteiger partial charge in [-0.05, 0) is 56.3 Å². The fraction of sp³-hybridized carbons (Fsp3) is 0.364. The highest BCUT2D eigenvalue weighted by molar-refractivity contribution is 5.66. The first-order valence-corrected chi connectivity index (χ1v) is 10.5. The van der Waals surface area contributed by atoms with Gasteiger partial charge in [0.2, 0.25) is 5.89 Å². The van der Waals surface area contributed by atoms with Gasteiger partial charge >= 0.3 is 0 Å². The van der Waals surface area contributed by atoms with Gasteiger partial charge in [0, 0.05) is 18.0 Å². The number of hydrogen-bond donors (Lipinski definition) is 0. The van der Waals surface area contributed by atoms with Gasteiger partial charge in [-0.25, -0.2) is 4.52 Å². The standard InChI is InChI=1S/C22H24N6O3/c1-30-17-7-5-16(6-8-17)18-13-19-22(29)27(11-12-28(19)24-18)14-20-23-21(31-25-20)15-26-9-3-2-4-10-26/h5-8,11-13H,2-4,9-10,14-15H2,1H3. The van der Waals surface area contributed by atoms with E-state index in [0.29, 0.717) is 23.8 Å². The van der Waals surface area contributed by atoms with Gasteiger partial charge in [0.25, 0.3) is 5.56 Å². The van der Waals surface area contributed by atoms with Crippen LogP contribution in [0.1, 0.15) is 31.0 Å². The summed E-state index contributed by atoms with van der Waals surface area (Å²) in [4.78, 5) is 19.8. The number of fused-ring (bicyclic) bond motifs is 1. The molecule has 0 N–H and O–H groups in total. The summed E-state index contributed by atoms with van der Waals surface area (Å²) >= 11 is 0. The molecule has 31 heavy (non-hydrogen) atoms. The summed E-state index contributed by atoms with van der Waals surface area (Å²) in [5, 5.41) is 8.58. The first-order chi connectivity index (χ1) is 15.2. The van der Waals surface area contributed by atoms with E-state index in [0.717, 1.165) is 30.1 Å². The number of benzene rings is 1. The second kappa shape index (κ2) is 8.35. The summed E-state index contributed by atoms with van der Waals surface area (Å²) in [5.41, 5.74) is 1.97. The molecule has 0 saturated carbocycles. The molecule has 9 heteroatoms. The minimum Gasteiger partial charge on any atom is -0.497 e. The number of aromatic nitrogens is 5. The number of piperidine rings is 1. The highest BCUT2D eigenvalue weighted by Gasteiger charge is 2.16. The Labute approximate surface area is 178 Å². The third-order valence-corrected chi connectivity index (χ3v) is 5.62. The molecule has 9 nitrogen and oxygen atoms in total. The van der Waals surface area contributed by atoms with E-state index < -0.39 is 0 Å². The molecule has 5 rings (SSSR count). The van der Waals surface area contributed by atoms with Crippen molar-refractivity contribution in [1.29, 1.82) is 0 Å². The molecule has 0 bridgehead atoms. The Bertz CT molecular complexity index is 1230. The van der Waals surface area contributed by atoms with Crippen LogP contribution in [0.25, 0.3) is 16.8 Å². The Kier molecular flexibility index (Phi) is 5.25. The van der Waals surface area contributed by atoms with Crippen molar-refractivity contribution in [2.45, 2.75) is 32.4 Å². The smallest absolute Gasteiger partial charge is 0.277 e. The van der Waals surface area contributed by atoms with Gasteiger partial charge in [-0.15, -0.1) is 0 Å². The lowest BCUT2D eigenvalue weighted by molar-refractivity contribution is 0.193. The lowest BCUT2D eigenvalue weighted by Gasteiger charge is -2.24. The second-order valence-electron chi connectivity index (χ2n) is 7.76. The average Bonchev–Trinajstić information content (AvgIpc) is 3.44. The van der Waals surface area contributed by atoms with Crippen molar-refractivity contribution < 1.29 is 9.26 Å². The summed E-state index contributed by atoms with van der Waals surface area (Å²) in [6, 6.07) is 9.37. The first kappa shape index (κ1) is 19.5. The minimum absolute atomic E-state index is 0.155. The summed E-state index contributed by atoms with van der Waals surface area (Å²) in [7, 11) is 1.63. The molecule has 0 unspecified atom stereocenters. The number of hydrogen-bond acceptors (Lipinski definition) is 7. The molecule has 0 aliphatic carbocycles. The Morgan fingerprint density at radius 2 is 1.87 bits per heavy atom. The van der Waals surface area contributed by atoms with Crippen LogP contribution in [0.3, 0.4) is 0 Å². The molecule has 160 valence electrons. The highest BCUT2D eigenvalue weighted by Crippen LogP contribution is 2.21. The van der Waals surface area contributed by atoms with Crippen molar-refractivity contribution >= 4 is 5.52 Å². The maximum atomic E-state index is 13.0. The van der Waals surface area contributed by atoms with Gasteiger partial charge in [0.15, 0.2) is 5.82 Å². The fourth-order valence-corrected chi connectivity index (χ4v) is 3.93. The van der Waals surface area contributed by atoms with Crippen molar-refractivity contribution in [3.8, 4) is 17.0 Å². The monoisotopic (exact) mass is 420 g/mol. The van der Waals surface area contributed by atoms with Crippen molar-refractivity contribution in [2.24, 2.45) is 0 Å². The van der Waals surface area contributed by atoms with E-state index in [1.54, 1.807) is 34.7 Å². The second-order valence-corrected chi connectivity index (χ2v) is 7.76.